The van der Waals surface area contributed by atoms with E-state index < -0.39 is 42.9 Å². The summed E-state index contributed by atoms with van der Waals surface area (Å²) in [6.07, 6.45) is -6.39. The summed E-state index contributed by atoms with van der Waals surface area (Å²) in [5.74, 6) is -5.06. The number of carbonyl (C=O) groups excluding carboxylic acids is 3. The maximum atomic E-state index is 11.9. The molecule has 0 aromatic heterocycles. The Hall–Kier alpha value is -1.80. The number of halogens is 3. The van der Waals surface area contributed by atoms with Crippen molar-refractivity contribution in [3.8, 4) is 0 Å². The van der Waals surface area contributed by atoms with E-state index in [1.54, 1.807) is 0 Å². The van der Waals surface area contributed by atoms with Gasteiger partial charge in [-0.1, -0.05) is 0 Å². The van der Waals surface area contributed by atoms with Crippen molar-refractivity contribution in [3.63, 3.8) is 0 Å². The van der Waals surface area contributed by atoms with Crippen LogP contribution in [-0.2, 0) is 19.1 Å². The molecule has 0 aromatic rings. The normalized spacial score (nSPS) is 12.7. The first-order valence-corrected chi connectivity index (χ1v) is 4.33. The Morgan fingerprint density at radius 3 is 2.24 bits per heavy atom. The second-order valence-corrected chi connectivity index (χ2v) is 2.96. The Balaban J connectivity index is 4.55. The number of rotatable bonds is 5. The van der Waals surface area contributed by atoms with Crippen LogP contribution in [0.15, 0.2) is 0 Å². The number of alkyl halides is 3. The van der Waals surface area contributed by atoms with E-state index in [0.29, 0.717) is 0 Å². The minimum absolute atomic E-state index is 0.545. The molecule has 1 N–H and O–H groups in total. The Kier molecular flexibility index (Phi) is 5.42. The van der Waals surface area contributed by atoms with Gasteiger partial charge in [-0.25, -0.2) is 4.79 Å². The monoisotopic (exact) mass is 256 g/mol. The van der Waals surface area contributed by atoms with Crippen LogP contribution in [-0.4, -0.2) is 37.2 Å². The molecule has 17 heavy (non-hydrogen) atoms. The predicted molar refractivity (Wildman–Crippen MR) is 44.2 cm³/mol. The van der Waals surface area contributed by atoms with Crippen LogP contribution in [0.1, 0.15) is 12.8 Å². The second-order valence-electron chi connectivity index (χ2n) is 2.96. The van der Waals surface area contributed by atoms with Crippen molar-refractivity contribution in [2.24, 2.45) is 0 Å². The van der Waals surface area contributed by atoms with Gasteiger partial charge in [-0.3, -0.25) is 4.79 Å². The summed E-state index contributed by atoms with van der Waals surface area (Å²) < 4.78 is 39.8. The van der Waals surface area contributed by atoms with Crippen molar-refractivity contribution < 1.29 is 37.4 Å². The van der Waals surface area contributed by atoms with Gasteiger partial charge >= 0.3 is 18.1 Å². The van der Waals surface area contributed by atoms with E-state index in [2.05, 4.69) is 4.74 Å². The van der Waals surface area contributed by atoms with E-state index in [9.17, 15) is 32.7 Å². The number of carbonyl (C=O) groups is 3. The maximum Gasteiger partial charge on any atom is 0.471 e. The molecule has 98 valence electrons. The number of nitrogens with one attached hydrogen (secondary N) is 1. The molecule has 0 heterocycles. The third-order valence-corrected chi connectivity index (χ3v) is 1.69. The molecule has 0 saturated carbocycles. The molecule has 9 heteroatoms. The number of amides is 1. The lowest BCUT2D eigenvalue weighted by Gasteiger charge is -2.17. The van der Waals surface area contributed by atoms with E-state index in [1.165, 1.54) is 5.32 Å². The number of hydrogen-bond acceptors (Lipinski definition) is 5. The number of methoxy groups -OCH3 is 1. The van der Waals surface area contributed by atoms with Crippen molar-refractivity contribution in [3.05, 3.63) is 0 Å². The summed E-state index contributed by atoms with van der Waals surface area (Å²) in [6.45, 7) is 0. The second kappa shape index (κ2) is 6.06. The van der Waals surface area contributed by atoms with Crippen LogP contribution in [0.4, 0.5) is 13.2 Å². The number of carboxylic acids is 1. The van der Waals surface area contributed by atoms with Crippen LogP contribution < -0.4 is 10.4 Å². The first kappa shape index (κ1) is 15.2. The Labute approximate surface area is 93.7 Å². The van der Waals surface area contributed by atoms with Gasteiger partial charge in [0.05, 0.1) is 7.11 Å². The van der Waals surface area contributed by atoms with E-state index in [1.807, 2.05) is 0 Å². The maximum absolute atomic E-state index is 11.9. The number of hydrogen-bond donors (Lipinski definition) is 1. The lowest BCUT2D eigenvalue weighted by Crippen LogP contribution is -2.47. The van der Waals surface area contributed by atoms with E-state index >= 15 is 0 Å². The van der Waals surface area contributed by atoms with E-state index in [-0.39, 0.29) is 0 Å². The zero-order chi connectivity index (χ0) is 13.6. The van der Waals surface area contributed by atoms with Gasteiger partial charge in [-0.05, 0) is 12.8 Å². The number of ether oxygens (including phenoxy) is 1. The summed E-state index contributed by atoms with van der Waals surface area (Å²) in [6, 6.07) is -1.67. The molecule has 6 nitrogen and oxygen atoms in total. The largest absolute Gasteiger partial charge is 0.550 e. The van der Waals surface area contributed by atoms with E-state index in [0.717, 1.165) is 7.11 Å². The molecule has 0 bridgehead atoms. The molecule has 0 aliphatic carbocycles. The fourth-order valence-corrected chi connectivity index (χ4v) is 0.893. The van der Waals surface area contributed by atoms with Gasteiger partial charge in [0.2, 0.25) is 0 Å². The van der Waals surface area contributed by atoms with Crippen LogP contribution in [0.25, 0.3) is 0 Å². The van der Waals surface area contributed by atoms with E-state index in [4.69, 9.17) is 0 Å². The highest BCUT2D eigenvalue weighted by atomic mass is 19.4. The van der Waals surface area contributed by atoms with Crippen LogP contribution in [0.5, 0.6) is 0 Å². The van der Waals surface area contributed by atoms with Crippen LogP contribution in [0, 0.1) is 0 Å². The zero-order valence-electron chi connectivity index (χ0n) is 8.67. The van der Waals surface area contributed by atoms with Gasteiger partial charge in [-0.2, -0.15) is 13.2 Å². The lowest BCUT2D eigenvalue weighted by atomic mass is 10.1. The van der Waals surface area contributed by atoms with Crippen molar-refractivity contribution >= 4 is 17.8 Å². The molecule has 0 aromatic carbocycles. The summed E-state index contributed by atoms with van der Waals surface area (Å²) in [5.41, 5.74) is 0. The molecule has 1 amide bonds. The summed E-state index contributed by atoms with van der Waals surface area (Å²) >= 11 is 0. The lowest BCUT2D eigenvalue weighted by molar-refractivity contribution is -0.305. The summed E-state index contributed by atoms with van der Waals surface area (Å²) in [4.78, 5) is 31.6. The summed E-state index contributed by atoms with van der Waals surface area (Å²) in [7, 11) is 0.897. The Bertz CT molecular complexity index is 315. The highest BCUT2D eigenvalue weighted by Gasteiger charge is 2.40. The van der Waals surface area contributed by atoms with Gasteiger partial charge in [0.1, 0.15) is 6.04 Å². The minimum Gasteiger partial charge on any atom is -0.550 e. The van der Waals surface area contributed by atoms with Gasteiger partial charge < -0.3 is 20.0 Å². The highest BCUT2D eigenvalue weighted by molar-refractivity contribution is 5.87. The molecule has 0 saturated heterocycles. The topological polar surface area (TPSA) is 95.5 Å². The van der Waals surface area contributed by atoms with Crippen LogP contribution >= 0.6 is 0 Å². The number of aliphatic carboxylic acids is 1. The van der Waals surface area contributed by atoms with Crippen molar-refractivity contribution in [1.82, 2.24) is 5.32 Å². The molecule has 0 rings (SSSR count). The van der Waals surface area contributed by atoms with Gasteiger partial charge in [0, 0.05) is 5.97 Å². The third kappa shape index (κ3) is 5.73. The molecule has 0 unspecified atom stereocenters. The van der Waals surface area contributed by atoms with Gasteiger partial charge in [-0.15, -0.1) is 0 Å². The molecule has 0 radical (unpaired) electrons. The SMILES string of the molecule is COC(=O)[C@H](CCC(=O)[O-])NC(=O)C(F)(F)F. The molecule has 0 aliphatic heterocycles. The first-order valence-electron chi connectivity index (χ1n) is 4.33. The molecule has 0 fully saturated rings. The molecule has 0 aliphatic rings. The zero-order valence-corrected chi connectivity index (χ0v) is 8.67. The van der Waals surface area contributed by atoms with Crippen LogP contribution in [0.3, 0.4) is 0 Å². The third-order valence-electron chi connectivity index (χ3n) is 1.69. The van der Waals surface area contributed by atoms with Gasteiger partial charge in [0.15, 0.2) is 0 Å². The average Bonchev–Trinajstić information content (AvgIpc) is 2.20. The standard InChI is InChI=1S/C8H10F3NO5/c1-17-6(15)4(2-3-5(13)14)12-7(16)8(9,10)11/h4H,2-3H2,1H3,(H,12,16)(H,13,14)/p-1/t4-/m0/s1. The fourth-order valence-electron chi connectivity index (χ4n) is 0.893. The Morgan fingerprint density at radius 2 is 1.88 bits per heavy atom. The first-order chi connectivity index (χ1) is 7.68. The highest BCUT2D eigenvalue weighted by Crippen LogP contribution is 2.15. The quantitative estimate of drug-likeness (QED) is 0.619. The summed E-state index contributed by atoms with van der Waals surface area (Å²) in [5, 5.41) is 11.4. The molecule has 1 atom stereocenters. The van der Waals surface area contributed by atoms with Crippen molar-refractivity contribution in [2.75, 3.05) is 7.11 Å². The minimum atomic E-state index is -5.16. The van der Waals surface area contributed by atoms with Crippen molar-refractivity contribution in [2.45, 2.75) is 25.1 Å². The van der Waals surface area contributed by atoms with Crippen molar-refractivity contribution in [1.29, 1.82) is 0 Å². The Morgan fingerprint density at radius 1 is 1.35 bits per heavy atom. The molecular formula is C8H9F3NO5-. The predicted octanol–water partition coefficient (Wildman–Crippen LogP) is -1.26. The smallest absolute Gasteiger partial charge is 0.471 e. The number of carboxylic acid groups (broad SMARTS) is 1. The molecular weight excluding hydrogens is 247 g/mol. The molecule has 0 spiro atoms. The fraction of sp³-hybridized carbons (Fsp3) is 0.625. The number of esters is 1. The van der Waals surface area contributed by atoms with Crippen LogP contribution in [0.2, 0.25) is 0 Å². The van der Waals surface area contributed by atoms with Gasteiger partial charge in [0.25, 0.3) is 0 Å². The average molecular weight is 256 g/mol.